The van der Waals surface area contributed by atoms with Crippen molar-refractivity contribution in [2.75, 3.05) is 6.61 Å². The van der Waals surface area contributed by atoms with Crippen molar-refractivity contribution in [1.29, 1.82) is 0 Å². The predicted octanol–water partition coefficient (Wildman–Crippen LogP) is 3.27. The van der Waals surface area contributed by atoms with Crippen molar-refractivity contribution < 1.29 is 31.9 Å². The fraction of sp³-hybridized carbons (Fsp3) is 0.208. The number of esters is 1. The molecule has 0 radical (unpaired) electrons. The smallest absolute Gasteiger partial charge is 0.306 e. The van der Waals surface area contributed by atoms with Crippen LogP contribution < -0.4 is 5.14 Å². The number of halogens is 1. The number of hydrogen-bond acceptors (Lipinski definition) is 6. The molecule has 0 aliphatic carbocycles. The van der Waals surface area contributed by atoms with Crippen LogP contribution in [0.1, 0.15) is 44.9 Å². The van der Waals surface area contributed by atoms with Crippen LogP contribution in [0, 0.1) is 19.7 Å². The van der Waals surface area contributed by atoms with Crippen LogP contribution >= 0.6 is 0 Å². The van der Waals surface area contributed by atoms with Gasteiger partial charge in [0.1, 0.15) is 5.82 Å². The van der Waals surface area contributed by atoms with E-state index in [1.807, 2.05) is 0 Å². The summed E-state index contributed by atoms with van der Waals surface area (Å²) < 4.78 is 42.7. The first-order chi connectivity index (χ1) is 16.0. The molecule has 10 heteroatoms. The molecule has 1 aromatic heterocycles. The van der Waals surface area contributed by atoms with Crippen LogP contribution in [0.5, 0.6) is 0 Å². The predicted molar refractivity (Wildman–Crippen MR) is 122 cm³/mol. The Labute approximate surface area is 196 Å². The summed E-state index contributed by atoms with van der Waals surface area (Å²) in [6.45, 7) is 3.01. The zero-order chi connectivity index (χ0) is 25.0. The lowest BCUT2D eigenvalue weighted by atomic mass is 10.1. The number of nitrogens with zero attached hydrogens (tertiary/aromatic N) is 1. The maximum atomic E-state index is 12.9. The summed E-state index contributed by atoms with van der Waals surface area (Å²) in [6, 6.07) is 12.6. The third kappa shape index (κ3) is 5.83. The average molecular weight is 487 g/mol. The van der Waals surface area contributed by atoms with Gasteiger partial charge in [0.15, 0.2) is 12.4 Å². The second-order valence-corrected chi connectivity index (χ2v) is 9.23. The number of Topliss-reactive ketones (excluding diaryl/α,β-unsaturated/α-hetero) is 2. The molecule has 0 spiro atoms. The van der Waals surface area contributed by atoms with E-state index in [1.54, 1.807) is 36.6 Å². The van der Waals surface area contributed by atoms with Crippen molar-refractivity contribution in [3.05, 3.63) is 82.9 Å². The van der Waals surface area contributed by atoms with Crippen molar-refractivity contribution in [1.82, 2.24) is 4.57 Å². The van der Waals surface area contributed by atoms with E-state index in [0.29, 0.717) is 16.9 Å². The number of aromatic nitrogens is 1. The van der Waals surface area contributed by atoms with E-state index >= 15 is 0 Å². The van der Waals surface area contributed by atoms with E-state index in [1.165, 1.54) is 24.3 Å². The highest BCUT2D eigenvalue weighted by Crippen LogP contribution is 2.22. The van der Waals surface area contributed by atoms with E-state index < -0.39 is 34.2 Å². The Balaban J connectivity index is 1.61. The molecule has 0 aliphatic rings. The van der Waals surface area contributed by atoms with Crippen molar-refractivity contribution in [3.8, 4) is 5.69 Å². The first-order valence-corrected chi connectivity index (χ1v) is 11.8. The van der Waals surface area contributed by atoms with E-state index in [-0.39, 0.29) is 29.1 Å². The molecule has 3 aromatic rings. The summed E-state index contributed by atoms with van der Waals surface area (Å²) in [5.41, 5.74) is 2.59. The summed E-state index contributed by atoms with van der Waals surface area (Å²) in [6.07, 6.45) is -0.333. The van der Waals surface area contributed by atoms with Crippen LogP contribution in [-0.2, 0) is 19.6 Å². The van der Waals surface area contributed by atoms with Crippen LogP contribution in [0.25, 0.3) is 5.69 Å². The van der Waals surface area contributed by atoms with Gasteiger partial charge in [0.2, 0.25) is 15.8 Å². The number of carbonyl (C=O) groups is 3. The number of benzene rings is 2. The fourth-order valence-electron chi connectivity index (χ4n) is 3.52. The minimum Gasteiger partial charge on any atom is -0.457 e. The Kier molecular flexibility index (Phi) is 7.43. The molecule has 0 amide bonds. The molecule has 34 heavy (non-hydrogen) atoms. The first kappa shape index (κ1) is 25.0. The van der Waals surface area contributed by atoms with Crippen molar-refractivity contribution >= 4 is 27.6 Å². The lowest BCUT2D eigenvalue weighted by molar-refractivity contribution is -0.142. The second kappa shape index (κ2) is 10.1. The second-order valence-electron chi connectivity index (χ2n) is 7.67. The van der Waals surface area contributed by atoms with Gasteiger partial charge in [-0.1, -0.05) is 0 Å². The van der Waals surface area contributed by atoms with Crippen LogP contribution in [0.2, 0.25) is 0 Å². The molecule has 2 aromatic carbocycles. The number of primary sulfonamides is 1. The van der Waals surface area contributed by atoms with Gasteiger partial charge in [-0.2, -0.15) is 0 Å². The summed E-state index contributed by atoms with van der Waals surface area (Å²) in [4.78, 5) is 36.7. The first-order valence-electron chi connectivity index (χ1n) is 10.3. The molecule has 0 unspecified atom stereocenters. The third-order valence-electron chi connectivity index (χ3n) is 5.24. The van der Waals surface area contributed by atoms with Crippen LogP contribution in [-0.4, -0.2) is 37.1 Å². The van der Waals surface area contributed by atoms with Gasteiger partial charge in [0.25, 0.3) is 0 Å². The summed E-state index contributed by atoms with van der Waals surface area (Å²) in [5, 5.41) is 5.13. The Morgan fingerprint density at radius 2 is 1.56 bits per heavy atom. The van der Waals surface area contributed by atoms with Gasteiger partial charge in [0, 0.05) is 34.6 Å². The van der Waals surface area contributed by atoms with Crippen LogP contribution in [0.3, 0.4) is 0 Å². The highest BCUT2D eigenvalue weighted by atomic mass is 32.2. The molecule has 0 saturated carbocycles. The number of hydrogen-bond donors (Lipinski definition) is 1. The Hall–Kier alpha value is -3.63. The lowest BCUT2D eigenvalue weighted by Crippen LogP contribution is -2.15. The van der Waals surface area contributed by atoms with E-state index in [4.69, 9.17) is 9.88 Å². The molecular formula is C24H23FN2O6S. The molecule has 8 nitrogen and oxygen atoms in total. The lowest BCUT2D eigenvalue weighted by Gasteiger charge is -2.10. The van der Waals surface area contributed by atoms with Crippen LogP contribution in [0.4, 0.5) is 4.39 Å². The number of carbonyl (C=O) groups excluding carboxylic acids is 3. The van der Waals surface area contributed by atoms with E-state index in [0.717, 1.165) is 17.8 Å². The molecule has 3 rings (SSSR count). The number of rotatable bonds is 9. The summed E-state index contributed by atoms with van der Waals surface area (Å²) in [5.74, 6) is -1.91. The zero-order valence-electron chi connectivity index (χ0n) is 18.6. The van der Waals surface area contributed by atoms with Crippen molar-refractivity contribution in [3.63, 3.8) is 0 Å². The van der Waals surface area contributed by atoms with Gasteiger partial charge in [-0.05, 0) is 68.4 Å². The molecule has 0 atom stereocenters. The molecule has 0 saturated heterocycles. The average Bonchev–Trinajstić information content (AvgIpc) is 3.09. The maximum absolute atomic E-state index is 12.9. The standard InChI is InChI=1S/C24H23FN2O6S/c1-15-13-21(16(2)27(15)19-7-9-20(10-8-19)34(26,31)32)23(29)14-33-24(30)12-11-22(28)17-3-5-18(25)6-4-17/h3-10,13H,11-12,14H2,1-2H3,(H2,26,31,32). The molecule has 0 bridgehead atoms. The van der Waals surface area contributed by atoms with E-state index in [2.05, 4.69) is 0 Å². The highest BCUT2D eigenvalue weighted by molar-refractivity contribution is 7.89. The number of ether oxygens (including phenoxy) is 1. The normalized spacial score (nSPS) is 11.3. The Bertz CT molecular complexity index is 1340. The summed E-state index contributed by atoms with van der Waals surface area (Å²) in [7, 11) is -3.82. The summed E-state index contributed by atoms with van der Waals surface area (Å²) >= 11 is 0. The van der Waals surface area contributed by atoms with Crippen molar-refractivity contribution in [2.24, 2.45) is 5.14 Å². The Morgan fingerprint density at radius 3 is 2.15 bits per heavy atom. The van der Waals surface area contributed by atoms with Gasteiger partial charge in [-0.15, -0.1) is 0 Å². The van der Waals surface area contributed by atoms with Gasteiger partial charge in [-0.25, -0.2) is 17.9 Å². The number of nitrogens with two attached hydrogens (primary N) is 1. The minimum atomic E-state index is -3.82. The van der Waals surface area contributed by atoms with Gasteiger partial charge >= 0.3 is 5.97 Å². The monoisotopic (exact) mass is 486 g/mol. The number of aryl methyl sites for hydroxylation is 1. The fourth-order valence-corrected chi connectivity index (χ4v) is 4.03. The molecule has 1 heterocycles. The van der Waals surface area contributed by atoms with Crippen LogP contribution in [0.15, 0.2) is 59.5 Å². The topological polar surface area (TPSA) is 126 Å². The molecule has 0 aliphatic heterocycles. The number of sulfonamides is 1. The number of ketones is 2. The third-order valence-corrected chi connectivity index (χ3v) is 6.17. The molecule has 0 fully saturated rings. The zero-order valence-corrected chi connectivity index (χ0v) is 19.4. The van der Waals surface area contributed by atoms with Gasteiger partial charge in [0.05, 0.1) is 11.3 Å². The van der Waals surface area contributed by atoms with Crippen molar-refractivity contribution in [2.45, 2.75) is 31.6 Å². The van der Waals surface area contributed by atoms with Gasteiger partial charge in [-0.3, -0.25) is 14.4 Å². The largest absolute Gasteiger partial charge is 0.457 e. The highest BCUT2D eigenvalue weighted by Gasteiger charge is 2.19. The van der Waals surface area contributed by atoms with Gasteiger partial charge < -0.3 is 9.30 Å². The molecule has 2 N–H and O–H groups in total. The quantitative estimate of drug-likeness (QED) is 0.366. The molecular weight excluding hydrogens is 463 g/mol. The maximum Gasteiger partial charge on any atom is 0.306 e. The van der Waals surface area contributed by atoms with E-state index in [9.17, 15) is 27.2 Å². The SMILES string of the molecule is Cc1cc(C(=O)COC(=O)CCC(=O)c2ccc(F)cc2)c(C)n1-c1ccc(S(N)(=O)=O)cc1. The Morgan fingerprint density at radius 1 is 0.941 bits per heavy atom. The molecule has 178 valence electrons. The minimum absolute atomic E-state index is 0.0279.